The number of nitrogens with one attached hydrogen (secondary N) is 1. The maximum absolute atomic E-state index is 12.8. The third kappa shape index (κ3) is 4.73. The van der Waals surface area contributed by atoms with Crippen LogP contribution in [0.5, 0.6) is 0 Å². The highest BCUT2D eigenvalue weighted by molar-refractivity contribution is 7.98. The van der Waals surface area contributed by atoms with Crippen molar-refractivity contribution in [2.75, 3.05) is 6.67 Å². The Labute approximate surface area is 120 Å². The van der Waals surface area contributed by atoms with Crippen molar-refractivity contribution in [2.24, 2.45) is 5.14 Å². The van der Waals surface area contributed by atoms with Crippen molar-refractivity contribution >= 4 is 21.5 Å². The van der Waals surface area contributed by atoms with Gasteiger partial charge in [-0.1, -0.05) is 12.1 Å². The number of hydrogen-bond acceptors (Lipinski definition) is 3. The van der Waals surface area contributed by atoms with Crippen LogP contribution in [0.4, 0.5) is 13.2 Å². The van der Waals surface area contributed by atoms with Crippen LogP contribution in [-0.2, 0) is 14.5 Å². The Bertz CT molecular complexity index is 590. The molecular formula is C12H15F3N2O3S. The molecule has 0 aliphatic carbocycles. The van der Waals surface area contributed by atoms with E-state index in [1.165, 1.54) is 24.3 Å². The van der Waals surface area contributed by atoms with E-state index in [2.05, 4.69) is 5.87 Å². The van der Waals surface area contributed by atoms with Gasteiger partial charge in [0.1, 0.15) is 12.8 Å². The molecule has 3 atom stereocenters. The highest BCUT2D eigenvalue weighted by atomic mass is 32.2. The second-order valence-corrected chi connectivity index (χ2v) is 6.23. The number of nitrogens with two attached hydrogens (primary N) is 1. The first-order valence-corrected chi connectivity index (χ1v) is 7.53. The fourth-order valence-corrected chi connectivity index (χ4v) is 2.17. The lowest BCUT2D eigenvalue weighted by atomic mass is 10.0. The van der Waals surface area contributed by atoms with E-state index in [-0.39, 0.29) is 10.5 Å². The van der Waals surface area contributed by atoms with Crippen LogP contribution in [0.25, 0.3) is 0 Å². The van der Waals surface area contributed by atoms with Crippen molar-refractivity contribution in [1.29, 1.82) is 0 Å². The molecule has 0 saturated heterocycles. The van der Waals surface area contributed by atoms with Gasteiger partial charge in [-0.2, -0.15) is 8.78 Å². The van der Waals surface area contributed by atoms with E-state index in [0.717, 1.165) is 0 Å². The second kappa shape index (κ2) is 6.92. The van der Waals surface area contributed by atoms with Crippen LogP contribution >= 0.6 is 0 Å². The molecule has 5 nitrogen and oxygen atoms in total. The molecule has 1 aromatic carbocycles. The first-order valence-electron chi connectivity index (χ1n) is 5.74. The summed E-state index contributed by atoms with van der Waals surface area (Å²) in [4.78, 5) is 11.0. The number of amides is 1. The van der Waals surface area contributed by atoms with Crippen LogP contribution in [0, 0.1) is 0 Å². The average Bonchev–Trinajstić information content (AvgIpc) is 2.42. The summed E-state index contributed by atoms with van der Waals surface area (Å²) in [5, 5.41) is 16.9. The van der Waals surface area contributed by atoms with Gasteiger partial charge in [0.2, 0.25) is 0 Å². The van der Waals surface area contributed by atoms with Crippen LogP contribution in [0.3, 0.4) is 0 Å². The molecule has 21 heavy (non-hydrogen) atoms. The quantitative estimate of drug-likeness (QED) is 0.661. The second-order valence-electron chi connectivity index (χ2n) is 4.31. The minimum atomic E-state index is -3.30. The summed E-state index contributed by atoms with van der Waals surface area (Å²) in [7, 11) is -2.93. The van der Waals surface area contributed by atoms with E-state index in [9.17, 15) is 27.3 Å². The lowest BCUT2D eigenvalue weighted by Crippen LogP contribution is -2.43. The van der Waals surface area contributed by atoms with E-state index in [0.29, 0.717) is 0 Å². The number of aliphatic hydroxyl groups excluding tert-OH is 1. The fourth-order valence-electron chi connectivity index (χ4n) is 1.58. The van der Waals surface area contributed by atoms with Gasteiger partial charge in [-0.25, -0.2) is 8.60 Å². The summed E-state index contributed by atoms with van der Waals surface area (Å²) in [6.45, 7) is -1.23. The average molecular weight is 324 g/mol. The number of aliphatic hydroxyl groups is 1. The van der Waals surface area contributed by atoms with Crippen LogP contribution in [-0.4, -0.2) is 40.2 Å². The van der Waals surface area contributed by atoms with Crippen molar-refractivity contribution in [1.82, 2.24) is 5.32 Å². The van der Waals surface area contributed by atoms with E-state index in [4.69, 9.17) is 5.14 Å². The molecule has 0 heterocycles. The minimum absolute atomic E-state index is 0.152. The Morgan fingerprint density at radius 1 is 1.38 bits per heavy atom. The van der Waals surface area contributed by atoms with E-state index >= 15 is 0 Å². The first kappa shape index (κ1) is 17.5. The predicted octanol–water partition coefficient (Wildman–Crippen LogP) is 0.388. The fraction of sp³-hybridized carbons (Fsp3) is 0.333. The number of halogens is 3. The molecule has 1 amide bonds. The third-order valence-corrected chi connectivity index (χ3v) is 3.76. The lowest BCUT2D eigenvalue weighted by Gasteiger charge is -2.22. The van der Waals surface area contributed by atoms with Crippen LogP contribution < -0.4 is 10.5 Å². The summed E-state index contributed by atoms with van der Waals surface area (Å²) in [5.41, 5.74) is 0.152. The molecular weight excluding hydrogens is 309 g/mol. The highest BCUT2D eigenvalue weighted by Gasteiger charge is 2.26. The summed E-state index contributed by atoms with van der Waals surface area (Å²) in [5.74, 6) is 1.60. The number of carbonyl (C=O) groups excluding carboxylic acids is 1. The third-order valence-electron chi connectivity index (χ3n) is 2.69. The predicted molar refractivity (Wildman–Crippen MR) is 73.0 cm³/mol. The molecule has 118 valence electrons. The van der Waals surface area contributed by atoms with Gasteiger partial charge < -0.3 is 10.4 Å². The Kier molecular flexibility index (Phi) is 5.76. The lowest BCUT2D eigenvalue weighted by molar-refractivity contribution is -0.133. The molecule has 1 aromatic rings. The number of benzene rings is 1. The summed E-state index contributed by atoms with van der Waals surface area (Å²) in [6.07, 6.45) is -4.84. The van der Waals surface area contributed by atoms with Crippen LogP contribution in [0.2, 0.25) is 0 Å². The largest absolute Gasteiger partial charge is 0.386 e. The van der Waals surface area contributed by atoms with Gasteiger partial charge in [0.25, 0.3) is 5.91 Å². The normalized spacial score (nSPS) is 17.0. The minimum Gasteiger partial charge on any atom is -0.386 e. The molecule has 0 spiro atoms. The van der Waals surface area contributed by atoms with Crippen LogP contribution in [0.1, 0.15) is 11.7 Å². The Morgan fingerprint density at radius 2 is 1.90 bits per heavy atom. The van der Waals surface area contributed by atoms with Crippen molar-refractivity contribution < 1.29 is 27.3 Å². The highest BCUT2D eigenvalue weighted by Crippen LogP contribution is 2.19. The van der Waals surface area contributed by atoms with Crippen molar-refractivity contribution in [2.45, 2.75) is 23.5 Å². The van der Waals surface area contributed by atoms with Gasteiger partial charge in [0.05, 0.1) is 15.7 Å². The summed E-state index contributed by atoms with van der Waals surface area (Å²) < 4.78 is 48.5. The van der Waals surface area contributed by atoms with Gasteiger partial charge in [-0.15, -0.1) is 0 Å². The number of hydrogen-bond donors (Lipinski definition) is 3. The van der Waals surface area contributed by atoms with Crippen molar-refractivity contribution in [3.05, 3.63) is 29.8 Å². The van der Waals surface area contributed by atoms with E-state index < -0.39 is 40.9 Å². The van der Waals surface area contributed by atoms with Gasteiger partial charge >= 0.3 is 6.43 Å². The van der Waals surface area contributed by atoms with Crippen molar-refractivity contribution in [3.63, 3.8) is 0 Å². The van der Waals surface area contributed by atoms with Gasteiger partial charge in [0, 0.05) is 4.90 Å². The molecule has 0 aromatic heterocycles. The van der Waals surface area contributed by atoms with Gasteiger partial charge in [-0.05, 0) is 23.6 Å². The smallest absolute Gasteiger partial charge is 0.315 e. The molecule has 0 bridgehead atoms. The zero-order chi connectivity index (χ0) is 16.2. The van der Waals surface area contributed by atoms with E-state index in [1.54, 1.807) is 5.32 Å². The molecule has 9 heteroatoms. The molecule has 1 rings (SSSR count). The Hall–Kier alpha value is -1.58. The van der Waals surface area contributed by atoms with Crippen LogP contribution in [0.15, 0.2) is 29.2 Å². The zero-order valence-electron chi connectivity index (χ0n) is 10.8. The van der Waals surface area contributed by atoms with E-state index in [1.807, 2.05) is 0 Å². The Balaban J connectivity index is 2.90. The molecule has 4 N–H and O–H groups in total. The van der Waals surface area contributed by atoms with Crippen molar-refractivity contribution in [3.8, 4) is 0 Å². The molecule has 3 unspecified atom stereocenters. The number of carbonyl (C=O) groups is 1. The molecule has 0 aliphatic rings. The van der Waals surface area contributed by atoms with Gasteiger partial charge in [0.15, 0.2) is 0 Å². The standard InChI is InChI=1S/C12H15F3N2O3S/c1-21(16,20)8-4-2-7(3-5-8)10(18)9(6-13)17-12(19)11(14)15/h2-5,9-11,18H,1,6H2,(H2,16,20)(H,17,19). The SMILES string of the molecule is C=S(N)(=O)c1ccc(C(O)C(CF)NC(=O)C(F)F)cc1. The molecule has 0 fully saturated rings. The number of rotatable bonds is 6. The maximum atomic E-state index is 12.8. The maximum Gasteiger partial charge on any atom is 0.315 e. The summed E-state index contributed by atoms with van der Waals surface area (Å²) >= 11 is 0. The monoisotopic (exact) mass is 324 g/mol. The topological polar surface area (TPSA) is 92.4 Å². The van der Waals surface area contributed by atoms with Gasteiger partial charge in [-0.3, -0.25) is 9.93 Å². The molecule has 0 radical (unpaired) electrons. The first-order chi connectivity index (χ1) is 9.66. The molecule has 0 aliphatic heterocycles. The summed E-state index contributed by atoms with van der Waals surface area (Å²) in [6, 6.07) is 3.72. The Morgan fingerprint density at radius 3 is 2.29 bits per heavy atom. The molecule has 0 saturated carbocycles. The zero-order valence-corrected chi connectivity index (χ0v) is 11.7. The number of alkyl halides is 3.